The van der Waals surface area contributed by atoms with Gasteiger partial charge < -0.3 is 0 Å². The summed E-state index contributed by atoms with van der Waals surface area (Å²) in [4.78, 5) is 0. The minimum Gasteiger partial charge on any atom is -0.197 e. The summed E-state index contributed by atoms with van der Waals surface area (Å²) in [5.74, 6) is 0. The summed E-state index contributed by atoms with van der Waals surface area (Å²) < 4.78 is 0. The smallest absolute Gasteiger partial charge is 0.197 e. The van der Waals surface area contributed by atoms with E-state index < -0.39 is 6.70 Å². The zero-order chi connectivity index (χ0) is 9.80. The van der Waals surface area contributed by atoms with E-state index in [2.05, 4.69) is 24.3 Å². The third-order valence-corrected chi connectivity index (χ3v) is 4.78. The Labute approximate surface area is 103 Å². The van der Waals surface area contributed by atoms with Gasteiger partial charge in [0.15, 0.2) is 22.4 Å². The van der Waals surface area contributed by atoms with Gasteiger partial charge in [0.25, 0.3) is 0 Å². The summed E-state index contributed by atoms with van der Waals surface area (Å²) in [6, 6.07) is 20.6. The van der Waals surface area contributed by atoms with Crippen molar-refractivity contribution in [2.45, 2.75) is 0 Å². The van der Waals surface area contributed by atoms with Crippen LogP contribution in [0.4, 0.5) is 0 Å². The lowest BCUT2D eigenvalue weighted by atomic mass is 10.4. The Bertz CT molecular complexity index is 384. The van der Waals surface area contributed by atoms with Crippen LogP contribution < -0.4 is 10.6 Å². The summed E-state index contributed by atoms with van der Waals surface area (Å²) in [7, 11) is 0. The first-order valence-electron chi connectivity index (χ1n) is 4.45. The molecular weight excluding hydrogens is 239 g/mol. The van der Waals surface area contributed by atoms with Crippen molar-refractivity contribution in [3.63, 3.8) is 0 Å². The number of hydrogen-bond acceptors (Lipinski definition) is 1. The molecule has 76 valence electrons. The van der Waals surface area contributed by atoms with E-state index in [4.69, 9.17) is 11.8 Å². The summed E-state index contributed by atoms with van der Waals surface area (Å²) in [6.07, 6.45) is 0. The summed E-state index contributed by atoms with van der Waals surface area (Å²) in [6.45, 7) is -0.587. The van der Waals surface area contributed by atoms with Crippen LogP contribution in [0, 0.1) is 0 Å². The van der Waals surface area contributed by atoms with Crippen molar-refractivity contribution in [2.24, 2.45) is 0 Å². The molecule has 0 aromatic heterocycles. The van der Waals surface area contributed by atoms with Crippen LogP contribution in [-0.2, 0) is 11.8 Å². The summed E-state index contributed by atoms with van der Waals surface area (Å²) in [5, 5.41) is 2.51. The van der Waals surface area contributed by atoms with Gasteiger partial charge >= 0.3 is 0 Å². The van der Waals surface area contributed by atoms with Crippen LogP contribution in [0.1, 0.15) is 0 Å². The largest absolute Gasteiger partial charge is 0.250 e. The first-order valence-corrected chi connectivity index (χ1v) is 6.81. The average Bonchev–Trinajstić information content (AvgIpc) is 2.30. The van der Waals surface area contributed by atoms with Gasteiger partial charge in [-0.1, -0.05) is 36.4 Å². The number of rotatable bonds is 2. The van der Waals surface area contributed by atoms with Crippen molar-refractivity contribution in [3.8, 4) is 0 Å². The molecule has 0 nitrogen and oxygen atoms in total. The predicted octanol–water partition coefficient (Wildman–Crippen LogP) is 2.69. The fourth-order valence-electron chi connectivity index (χ4n) is 1.28. The van der Waals surface area contributed by atoms with E-state index in [1.807, 2.05) is 36.4 Å². The molecule has 0 atom stereocenters. The van der Waals surface area contributed by atoms with Crippen LogP contribution in [0.25, 0.3) is 0 Å². The Morgan fingerprint density at radius 2 is 1.00 bits per heavy atom. The molecule has 0 radical (unpaired) electrons. The third kappa shape index (κ3) is 3.13. The maximum absolute atomic E-state index is 5.54. The molecule has 3 heteroatoms. The highest BCUT2D eigenvalue weighted by atomic mass is 32.4. The zero-order valence-corrected chi connectivity index (χ0v) is 10.8. The molecule has 2 aromatic carbocycles. The zero-order valence-electron chi connectivity index (χ0n) is 8.13. The highest BCUT2D eigenvalue weighted by Gasteiger charge is 2.15. The molecule has 0 saturated heterocycles. The molecule has 0 unspecified atom stereocenters. The third-order valence-electron chi connectivity index (χ3n) is 1.98. The second-order valence-corrected chi connectivity index (χ2v) is 5.68. The van der Waals surface area contributed by atoms with E-state index in [9.17, 15) is 0 Å². The standard InChI is InChI=1S/C12H10PS.H2S/c14-13(11-7-3-1-4-8-11)12-9-5-2-6-10-12;/h1-10H;1H2/q+1;. The van der Waals surface area contributed by atoms with Crippen LogP contribution in [0.15, 0.2) is 60.7 Å². The highest BCUT2D eigenvalue weighted by molar-refractivity contribution is 8.12. The molecule has 0 spiro atoms. The molecule has 0 aliphatic rings. The predicted molar refractivity (Wildman–Crippen MR) is 76.8 cm³/mol. The molecule has 15 heavy (non-hydrogen) atoms. The fraction of sp³-hybridized carbons (Fsp3) is 0. The molecule has 0 saturated carbocycles. The van der Waals surface area contributed by atoms with Gasteiger partial charge in [-0.2, -0.15) is 13.5 Å². The molecule has 2 aromatic rings. The van der Waals surface area contributed by atoms with Crippen LogP contribution >= 0.6 is 20.2 Å². The molecular formula is C12H12PS2+. The van der Waals surface area contributed by atoms with E-state index >= 15 is 0 Å². The van der Waals surface area contributed by atoms with Crippen molar-refractivity contribution in [1.82, 2.24) is 0 Å². The van der Waals surface area contributed by atoms with Crippen LogP contribution in [0.2, 0.25) is 0 Å². The molecule has 0 N–H and O–H groups in total. The van der Waals surface area contributed by atoms with Crippen molar-refractivity contribution in [1.29, 1.82) is 0 Å². The molecule has 0 aliphatic heterocycles. The molecule has 0 aliphatic carbocycles. The van der Waals surface area contributed by atoms with E-state index in [1.54, 1.807) is 0 Å². The lowest BCUT2D eigenvalue weighted by molar-refractivity contribution is 1.76. The van der Waals surface area contributed by atoms with Crippen LogP contribution in [0.3, 0.4) is 0 Å². The maximum atomic E-state index is 5.54. The van der Waals surface area contributed by atoms with Crippen molar-refractivity contribution >= 4 is 42.6 Å². The van der Waals surface area contributed by atoms with Gasteiger partial charge in [-0.25, -0.2) is 0 Å². The van der Waals surface area contributed by atoms with E-state index in [0.717, 1.165) is 0 Å². The van der Waals surface area contributed by atoms with Crippen molar-refractivity contribution < 1.29 is 0 Å². The van der Waals surface area contributed by atoms with Gasteiger partial charge in [-0.05, 0) is 24.3 Å². The molecule has 2 rings (SSSR count). The van der Waals surface area contributed by atoms with Crippen LogP contribution in [-0.4, -0.2) is 0 Å². The van der Waals surface area contributed by atoms with Gasteiger partial charge in [0.05, 0.1) is 0 Å². The number of benzene rings is 2. The molecule has 0 amide bonds. The maximum Gasteiger partial charge on any atom is 0.250 e. The quantitative estimate of drug-likeness (QED) is 0.740. The minimum atomic E-state index is -0.587. The van der Waals surface area contributed by atoms with Crippen molar-refractivity contribution in [3.05, 3.63) is 60.7 Å². The second-order valence-electron chi connectivity index (χ2n) is 2.97. The molecule has 0 bridgehead atoms. The lowest BCUT2D eigenvalue weighted by Gasteiger charge is -1.90. The molecule has 0 heterocycles. The SMILES string of the molecule is S.S=[P+](c1ccccc1)c1ccccc1. The lowest BCUT2D eigenvalue weighted by Crippen LogP contribution is -2.04. The van der Waals surface area contributed by atoms with Gasteiger partial charge in [0, 0.05) is 0 Å². The van der Waals surface area contributed by atoms with E-state index in [-0.39, 0.29) is 13.5 Å². The Morgan fingerprint density at radius 3 is 1.33 bits per heavy atom. The second kappa shape index (κ2) is 6.02. The topological polar surface area (TPSA) is 0 Å². The number of hydrogen-bond donors (Lipinski definition) is 0. The monoisotopic (exact) mass is 251 g/mol. The van der Waals surface area contributed by atoms with Gasteiger partial charge in [0.2, 0.25) is 6.70 Å². The van der Waals surface area contributed by atoms with E-state index in [0.29, 0.717) is 0 Å². The normalized spacial score (nSPS) is 9.07. The first kappa shape index (κ1) is 12.4. The average molecular weight is 251 g/mol. The Balaban J connectivity index is 0.00000112. The van der Waals surface area contributed by atoms with Gasteiger partial charge in [-0.3, -0.25) is 0 Å². The first-order chi connectivity index (χ1) is 6.88. The minimum absolute atomic E-state index is 0. The van der Waals surface area contributed by atoms with Gasteiger partial charge in [-0.15, -0.1) is 0 Å². The molecule has 0 fully saturated rings. The summed E-state index contributed by atoms with van der Waals surface area (Å²) in [5.41, 5.74) is 0. The Hall–Kier alpha value is -0.690. The van der Waals surface area contributed by atoms with Crippen molar-refractivity contribution in [2.75, 3.05) is 0 Å². The Morgan fingerprint density at radius 1 is 0.667 bits per heavy atom. The van der Waals surface area contributed by atoms with E-state index in [1.165, 1.54) is 10.6 Å². The van der Waals surface area contributed by atoms with Crippen LogP contribution in [0.5, 0.6) is 0 Å². The fourth-order valence-corrected chi connectivity index (χ4v) is 3.19. The highest BCUT2D eigenvalue weighted by Crippen LogP contribution is 2.18. The Kier molecular flexibility index (Phi) is 4.97. The summed E-state index contributed by atoms with van der Waals surface area (Å²) >= 11 is 5.54. The van der Waals surface area contributed by atoms with Gasteiger partial charge in [0.1, 0.15) is 0 Å².